The zero-order valence-corrected chi connectivity index (χ0v) is 17.8. The summed E-state index contributed by atoms with van der Waals surface area (Å²) in [6.07, 6.45) is 0. The Morgan fingerprint density at radius 1 is 0.938 bits per heavy atom. The molecule has 0 saturated heterocycles. The Morgan fingerprint density at radius 2 is 1.62 bits per heavy atom. The number of benzene rings is 2. The average Bonchev–Trinajstić information content (AvgIpc) is 3.44. The van der Waals surface area contributed by atoms with Crippen molar-refractivity contribution in [3.05, 3.63) is 83.3 Å². The quantitative estimate of drug-likeness (QED) is 0.421. The lowest BCUT2D eigenvalue weighted by Crippen LogP contribution is -2.41. The monoisotopic (exact) mass is 430 g/mol. The molecule has 2 aromatic carbocycles. The van der Waals surface area contributed by atoms with Gasteiger partial charge in [-0.25, -0.2) is 4.68 Å². The van der Waals surface area contributed by atoms with E-state index < -0.39 is 11.8 Å². The molecule has 2 amide bonds. The first-order chi connectivity index (χ1) is 15.4. The van der Waals surface area contributed by atoms with Crippen molar-refractivity contribution in [2.24, 2.45) is 0 Å². The molecule has 2 aromatic heterocycles. The molecule has 0 aliphatic heterocycles. The van der Waals surface area contributed by atoms with E-state index in [1.807, 2.05) is 44.2 Å². The molecule has 32 heavy (non-hydrogen) atoms. The maximum Gasteiger partial charge on any atom is 0.287 e. The summed E-state index contributed by atoms with van der Waals surface area (Å²) < 4.78 is 6.94. The van der Waals surface area contributed by atoms with E-state index in [-0.39, 0.29) is 5.69 Å². The van der Waals surface area contributed by atoms with E-state index in [1.54, 1.807) is 42.1 Å². The molecule has 0 bridgehead atoms. The Labute approximate surface area is 184 Å². The highest BCUT2D eigenvalue weighted by molar-refractivity contribution is 5.98. The normalized spacial score (nSPS) is 10.6. The van der Waals surface area contributed by atoms with Gasteiger partial charge in [0.15, 0.2) is 0 Å². The van der Waals surface area contributed by atoms with Gasteiger partial charge in [-0.1, -0.05) is 0 Å². The number of hydrogen-bond donors (Lipinski definition) is 3. The molecule has 0 radical (unpaired) electrons. The molecule has 0 aliphatic carbocycles. The van der Waals surface area contributed by atoms with Gasteiger partial charge in [0.25, 0.3) is 11.8 Å². The van der Waals surface area contributed by atoms with E-state index in [4.69, 9.17) is 4.74 Å². The van der Waals surface area contributed by atoms with Crippen molar-refractivity contribution in [2.75, 3.05) is 7.11 Å². The molecule has 0 unspecified atom stereocenters. The Bertz CT molecular complexity index is 1260. The highest BCUT2D eigenvalue weighted by Crippen LogP contribution is 2.21. The minimum atomic E-state index is -0.509. The third kappa shape index (κ3) is 4.36. The average molecular weight is 430 g/mol. The smallest absolute Gasteiger partial charge is 0.287 e. The summed E-state index contributed by atoms with van der Waals surface area (Å²) in [5.41, 5.74) is 9.62. The molecule has 2 heterocycles. The fraction of sp³-hybridized carbons (Fsp3) is 0.130. The molecule has 0 fully saturated rings. The van der Waals surface area contributed by atoms with Crippen LogP contribution < -0.4 is 15.6 Å². The molecule has 162 valence electrons. The van der Waals surface area contributed by atoms with E-state index in [2.05, 4.69) is 26.1 Å². The van der Waals surface area contributed by atoms with E-state index >= 15 is 0 Å². The van der Waals surface area contributed by atoms with Crippen molar-refractivity contribution in [3.63, 3.8) is 0 Å². The SMILES string of the molecule is COc1ccc(-c2cc(C(=O)NNC(=O)c3ccc(-n4nc(C)cc4C)cc3)[nH]n2)cc1. The lowest BCUT2D eigenvalue weighted by Gasteiger charge is -2.08. The molecule has 9 heteroatoms. The molecule has 0 aliphatic rings. The van der Waals surface area contributed by atoms with Gasteiger partial charge in [0.1, 0.15) is 11.4 Å². The van der Waals surface area contributed by atoms with Crippen LogP contribution in [0.3, 0.4) is 0 Å². The van der Waals surface area contributed by atoms with E-state index in [0.29, 0.717) is 11.3 Å². The minimum Gasteiger partial charge on any atom is -0.497 e. The Balaban J connectivity index is 1.37. The van der Waals surface area contributed by atoms with Crippen molar-refractivity contribution in [3.8, 4) is 22.7 Å². The second-order valence-electron chi connectivity index (χ2n) is 7.19. The molecule has 4 aromatic rings. The van der Waals surface area contributed by atoms with Crippen LogP contribution in [0.1, 0.15) is 32.2 Å². The van der Waals surface area contributed by atoms with Crippen molar-refractivity contribution in [1.29, 1.82) is 0 Å². The Hall–Kier alpha value is -4.40. The predicted molar refractivity (Wildman–Crippen MR) is 119 cm³/mol. The van der Waals surface area contributed by atoms with Gasteiger partial charge < -0.3 is 4.74 Å². The van der Waals surface area contributed by atoms with Crippen molar-refractivity contribution >= 4 is 11.8 Å². The molecular formula is C23H22N6O3. The van der Waals surface area contributed by atoms with Crippen molar-refractivity contribution in [1.82, 2.24) is 30.8 Å². The van der Waals surface area contributed by atoms with Crippen LogP contribution in [0.25, 0.3) is 16.9 Å². The van der Waals surface area contributed by atoms with E-state index in [1.165, 1.54) is 0 Å². The number of carbonyl (C=O) groups excluding carboxylic acids is 2. The van der Waals surface area contributed by atoms with Crippen LogP contribution >= 0.6 is 0 Å². The summed E-state index contributed by atoms with van der Waals surface area (Å²) in [5, 5.41) is 11.2. The van der Waals surface area contributed by atoms with Gasteiger partial charge in [0.05, 0.1) is 24.2 Å². The molecule has 4 rings (SSSR count). The molecule has 0 saturated carbocycles. The zero-order valence-electron chi connectivity index (χ0n) is 17.8. The third-order valence-electron chi connectivity index (χ3n) is 4.88. The maximum absolute atomic E-state index is 12.4. The highest BCUT2D eigenvalue weighted by Gasteiger charge is 2.13. The van der Waals surface area contributed by atoms with Crippen LogP contribution in [-0.4, -0.2) is 38.9 Å². The minimum absolute atomic E-state index is 0.219. The van der Waals surface area contributed by atoms with Crippen LogP contribution in [-0.2, 0) is 0 Å². The number of nitrogens with zero attached hydrogens (tertiary/aromatic N) is 3. The number of H-pyrrole nitrogens is 1. The predicted octanol–water partition coefficient (Wildman–Crippen LogP) is 2.96. The van der Waals surface area contributed by atoms with Gasteiger partial charge in [0, 0.05) is 16.8 Å². The number of amides is 2. The molecule has 0 spiro atoms. The van der Waals surface area contributed by atoms with Crippen LogP contribution in [0.2, 0.25) is 0 Å². The first-order valence-electron chi connectivity index (χ1n) is 9.89. The van der Waals surface area contributed by atoms with Crippen LogP contribution in [0.5, 0.6) is 5.75 Å². The van der Waals surface area contributed by atoms with E-state index in [0.717, 1.165) is 28.4 Å². The van der Waals surface area contributed by atoms with Gasteiger partial charge in [-0.05, 0) is 74.5 Å². The third-order valence-corrected chi connectivity index (χ3v) is 4.88. The van der Waals surface area contributed by atoms with E-state index in [9.17, 15) is 9.59 Å². The van der Waals surface area contributed by atoms with Crippen LogP contribution in [0.4, 0.5) is 0 Å². The van der Waals surface area contributed by atoms with Crippen LogP contribution in [0.15, 0.2) is 60.7 Å². The standard InChI is InChI=1S/C23H22N6O3/c1-14-12-15(2)29(28-14)18-8-4-17(5-9-18)22(30)26-27-23(31)21-13-20(24-25-21)16-6-10-19(32-3)11-7-16/h4-13H,1-3H3,(H,24,25)(H,26,30)(H,27,31). The zero-order chi connectivity index (χ0) is 22.7. The summed E-state index contributed by atoms with van der Waals surface area (Å²) in [5.74, 6) is -0.217. The van der Waals surface area contributed by atoms with Gasteiger partial charge >= 0.3 is 0 Å². The first-order valence-corrected chi connectivity index (χ1v) is 9.89. The number of aryl methyl sites for hydroxylation is 2. The number of aromatic nitrogens is 4. The molecule has 9 nitrogen and oxygen atoms in total. The lowest BCUT2D eigenvalue weighted by atomic mass is 10.1. The summed E-state index contributed by atoms with van der Waals surface area (Å²) in [6, 6.07) is 17.8. The number of carbonyl (C=O) groups is 2. The summed E-state index contributed by atoms with van der Waals surface area (Å²) in [7, 11) is 1.59. The summed E-state index contributed by atoms with van der Waals surface area (Å²) in [4.78, 5) is 24.8. The number of methoxy groups -OCH3 is 1. The molecular weight excluding hydrogens is 408 g/mol. The van der Waals surface area contributed by atoms with Gasteiger partial charge in [-0.2, -0.15) is 10.2 Å². The number of hydrazine groups is 1. The highest BCUT2D eigenvalue weighted by atomic mass is 16.5. The number of aromatic amines is 1. The largest absolute Gasteiger partial charge is 0.497 e. The second-order valence-corrected chi connectivity index (χ2v) is 7.19. The first kappa shape index (κ1) is 20.9. The van der Waals surface area contributed by atoms with Gasteiger partial charge in [-0.15, -0.1) is 0 Å². The van der Waals surface area contributed by atoms with Gasteiger partial charge in [-0.3, -0.25) is 25.5 Å². The molecule has 0 atom stereocenters. The summed E-state index contributed by atoms with van der Waals surface area (Å²) >= 11 is 0. The summed E-state index contributed by atoms with van der Waals surface area (Å²) in [6.45, 7) is 3.89. The number of nitrogens with one attached hydrogen (secondary N) is 3. The van der Waals surface area contributed by atoms with Gasteiger partial charge in [0.2, 0.25) is 0 Å². The van der Waals surface area contributed by atoms with Crippen molar-refractivity contribution in [2.45, 2.75) is 13.8 Å². The lowest BCUT2D eigenvalue weighted by molar-refractivity contribution is 0.0844. The number of rotatable bonds is 5. The molecule has 3 N–H and O–H groups in total. The Kier molecular flexibility index (Phi) is 5.71. The fourth-order valence-electron chi connectivity index (χ4n) is 3.25. The maximum atomic E-state index is 12.4. The fourth-order valence-corrected chi connectivity index (χ4v) is 3.25. The number of hydrogen-bond acceptors (Lipinski definition) is 5. The number of ether oxygens (including phenoxy) is 1. The Morgan fingerprint density at radius 3 is 2.25 bits per heavy atom. The second kappa shape index (κ2) is 8.76. The van der Waals surface area contributed by atoms with Crippen molar-refractivity contribution < 1.29 is 14.3 Å². The van der Waals surface area contributed by atoms with Crippen LogP contribution in [0, 0.1) is 13.8 Å². The topological polar surface area (TPSA) is 114 Å².